The molecule has 0 aromatic carbocycles. The lowest BCUT2D eigenvalue weighted by atomic mass is 10.1. The molecule has 0 bridgehead atoms. The van der Waals surface area contributed by atoms with Crippen LogP contribution in [0.2, 0.25) is 0 Å². The van der Waals surface area contributed by atoms with Crippen molar-refractivity contribution in [1.82, 2.24) is 10.2 Å². The highest BCUT2D eigenvalue weighted by Gasteiger charge is 2.05. The highest BCUT2D eigenvalue weighted by atomic mass is 16.3. The molecule has 0 spiro atoms. The Morgan fingerprint density at radius 3 is 2.56 bits per heavy atom. The summed E-state index contributed by atoms with van der Waals surface area (Å²) < 4.78 is 5.54. The number of aryl methyl sites for hydroxylation is 1. The molecule has 0 radical (unpaired) electrons. The summed E-state index contributed by atoms with van der Waals surface area (Å²) in [5, 5.41) is 3.51. The molecule has 0 aliphatic heterocycles. The highest BCUT2D eigenvalue weighted by Crippen LogP contribution is 2.07. The summed E-state index contributed by atoms with van der Waals surface area (Å²) in [7, 11) is 0. The van der Waals surface area contributed by atoms with Gasteiger partial charge in [-0.1, -0.05) is 13.8 Å². The van der Waals surface area contributed by atoms with Gasteiger partial charge in [-0.15, -0.1) is 0 Å². The molecule has 0 unspecified atom stereocenters. The minimum absolute atomic E-state index is 0.547. The van der Waals surface area contributed by atoms with Gasteiger partial charge in [-0.2, -0.15) is 0 Å². The van der Waals surface area contributed by atoms with Crippen molar-refractivity contribution in [3.8, 4) is 0 Å². The minimum atomic E-state index is 0.547. The average molecular weight is 252 g/mol. The molecule has 18 heavy (non-hydrogen) atoms. The summed E-state index contributed by atoms with van der Waals surface area (Å²) in [6.07, 6.45) is 2.48. The van der Waals surface area contributed by atoms with Crippen LogP contribution in [0.5, 0.6) is 0 Å². The molecule has 0 amide bonds. The van der Waals surface area contributed by atoms with Crippen LogP contribution in [-0.4, -0.2) is 30.6 Å². The Morgan fingerprint density at radius 2 is 2.00 bits per heavy atom. The topological polar surface area (TPSA) is 28.4 Å². The van der Waals surface area contributed by atoms with Crippen LogP contribution in [0.4, 0.5) is 0 Å². The first-order chi connectivity index (χ1) is 8.65. The summed E-state index contributed by atoms with van der Waals surface area (Å²) in [5.74, 6) is 2.02. The molecular weight excluding hydrogens is 224 g/mol. The standard InChI is InChI=1S/C15H28N2O/c1-5-17(6-2)11-7-8-13(3)16-12-15-10-9-14(4)18-15/h9-10,13,16H,5-8,11-12H2,1-4H3/t13-/m0/s1. The zero-order valence-corrected chi connectivity index (χ0v) is 12.3. The fraction of sp³-hybridized carbons (Fsp3) is 0.733. The van der Waals surface area contributed by atoms with Crippen LogP contribution >= 0.6 is 0 Å². The zero-order valence-electron chi connectivity index (χ0n) is 12.3. The molecule has 3 heteroatoms. The van der Waals surface area contributed by atoms with Crippen LogP contribution in [0.3, 0.4) is 0 Å². The van der Waals surface area contributed by atoms with Gasteiger partial charge < -0.3 is 14.6 Å². The van der Waals surface area contributed by atoms with Crippen LogP contribution in [0.1, 0.15) is 45.1 Å². The fourth-order valence-electron chi connectivity index (χ4n) is 2.12. The Labute approximate surface area is 112 Å². The summed E-state index contributed by atoms with van der Waals surface area (Å²) in [6.45, 7) is 13.0. The fourth-order valence-corrected chi connectivity index (χ4v) is 2.12. The van der Waals surface area contributed by atoms with Crippen molar-refractivity contribution in [2.45, 2.75) is 53.1 Å². The van der Waals surface area contributed by atoms with Crippen LogP contribution in [0.25, 0.3) is 0 Å². The van der Waals surface area contributed by atoms with Gasteiger partial charge in [0, 0.05) is 6.04 Å². The molecule has 0 saturated carbocycles. The van der Waals surface area contributed by atoms with Crippen molar-refractivity contribution in [3.63, 3.8) is 0 Å². The molecule has 0 fully saturated rings. The predicted octanol–water partition coefficient (Wildman–Crippen LogP) is 3.19. The Kier molecular flexibility index (Phi) is 7.06. The molecule has 0 aliphatic rings. The van der Waals surface area contributed by atoms with Crippen molar-refractivity contribution >= 4 is 0 Å². The quantitative estimate of drug-likeness (QED) is 0.731. The molecule has 1 aromatic heterocycles. The van der Waals surface area contributed by atoms with E-state index in [1.54, 1.807) is 0 Å². The van der Waals surface area contributed by atoms with E-state index in [0.29, 0.717) is 6.04 Å². The van der Waals surface area contributed by atoms with Gasteiger partial charge in [0.2, 0.25) is 0 Å². The second-order valence-electron chi connectivity index (χ2n) is 4.96. The Bertz CT molecular complexity index is 318. The number of rotatable bonds is 9. The van der Waals surface area contributed by atoms with E-state index in [-0.39, 0.29) is 0 Å². The molecule has 0 saturated heterocycles. The van der Waals surface area contributed by atoms with Crippen LogP contribution in [0, 0.1) is 6.92 Å². The summed E-state index contributed by atoms with van der Waals surface area (Å²) in [4.78, 5) is 2.47. The molecule has 1 rings (SSSR count). The summed E-state index contributed by atoms with van der Waals surface area (Å²) >= 11 is 0. The van der Waals surface area contributed by atoms with E-state index in [0.717, 1.165) is 31.2 Å². The first-order valence-electron chi connectivity index (χ1n) is 7.16. The molecular formula is C15H28N2O. The van der Waals surface area contributed by atoms with Crippen molar-refractivity contribution in [1.29, 1.82) is 0 Å². The third kappa shape index (κ3) is 5.69. The van der Waals surface area contributed by atoms with Gasteiger partial charge in [-0.3, -0.25) is 0 Å². The smallest absolute Gasteiger partial charge is 0.117 e. The lowest BCUT2D eigenvalue weighted by molar-refractivity contribution is 0.289. The lowest BCUT2D eigenvalue weighted by Gasteiger charge is -2.19. The van der Waals surface area contributed by atoms with Gasteiger partial charge in [-0.25, -0.2) is 0 Å². The number of hydrogen-bond donors (Lipinski definition) is 1. The Morgan fingerprint density at radius 1 is 1.28 bits per heavy atom. The molecule has 3 nitrogen and oxygen atoms in total. The van der Waals surface area contributed by atoms with Crippen molar-refractivity contribution in [2.24, 2.45) is 0 Å². The average Bonchev–Trinajstić information content (AvgIpc) is 2.78. The van der Waals surface area contributed by atoms with Crippen molar-refractivity contribution in [2.75, 3.05) is 19.6 Å². The molecule has 1 heterocycles. The third-order valence-corrected chi connectivity index (χ3v) is 3.43. The summed E-state index contributed by atoms with van der Waals surface area (Å²) in [6, 6.07) is 4.61. The van der Waals surface area contributed by atoms with Crippen LogP contribution < -0.4 is 5.32 Å². The maximum absolute atomic E-state index is 5.54. The van der Waals surface area contributed by atoms with E-state index in [2.05, 4.69) is 31.0 Å². The maximum Gasteiger partial charge on any atom is 0.117 e. The maximum atomic E-state index is 5.54. The first kappa shape index (κ1) is 15.3. The van der Waals surface area contributed by atoms with E-state index >= 15 is 0 Å². The van der Waals surface area contributed by atoms with Gasteiger partial charge in [0.1, 0.15) is 11.5 Å². The molecule has 1 atom stereocenters. The van der Waals surface area contributed by atoms with Gasteiger partial charge in [-0.05, 0) is 58.5 Å². The van der Waals surface area contributed by atoms with Gasteiger partial charge >= 0.3 is 0 Å². The van der Waals surface area contributed by atoms with Crippen LogP contribution in [0.15, 0.2) is 16.5 Å². The van der Waals surface area contributed by atoms with E-state index in [1.807, 2.05) is 19.1 Å². The number of hydrogen-bond acceptors (Lipinski definition) is 3. The molecule has 1 N–H and O–H groups in total. The van der Waals surface area contributed by atoms with Gasteiger partial charge in [0.25, 0.3) is 0 Å². The first-order valence-corrected chi connectivity index (χ1v) is 7.16. The minimum Gasteiger partial charge on any atom is -0.465 e. The van der Waals surface area contributed by atoms with E-state index in [1.165, 1.54) is 19.4 Å². The number of furan rings is 1. The lowest BCUT2D eigenvalue weighted by Crippen LogP contribution is -2.28. The monoisotopic (exact) mass is 252 g/mol. The van der Waals surface area contributed by atoms with E-state index < -0.39 is 0 Å². The Balaban J connectivity index is 2.12. The van der Waals surface area contributed by atoms with Crippen molar-refractivity contribution in [3.05, 3.63) is 23.7 Å². The van der Waals surface area contributed by atoms with Gasteiger partial charge in [0.05, 0.1) is 6.54 Å². The van der Waals surface area contributed by atoms with Gasteiger partial charge in [0.15, 0.2) is 0 Å². The highest BCUT2D eigenvalue weighted by molar-refractivity contribution is 5.05. The molecule has 104 valence electrons. The predicted molar refractivity (Wildman–Crippen MR) is 76.8 cm³/mol. The Hall–Kier alpha value is -0.800. The second kappa shape index (κ2) is 8.33. The third-order valence-electron chi connectivity index (χ3n) is 3.43. The summed E-state index contributed by atoms with van der Waals surface area (Å²) in [5.41, 5.74) is 0. The molecule has 0 aliphatic carbocycles. The second-order valence-corrected chi connectivity index (χ2v) is 4.96. The van der Waals surface area contributed by atoms with E-state index in [9.17, 15) is 0 Å². The van der Waals surface area contributed by atoms with Crippen molar-refractivity contribution < 1.29 is 4.42 Å². The number of nitrogens with zero attached hydrogens (tertiary/aromatic N) is 1. The number of nitrogens with one attached hydrogen (secondary N) is 1. The SMILES string of the molecule is CCN(CC)CCC[C@H](C)NCc1ccc(C)o1. The van der Waals surface area contributed by atoms with Crippen LogP contribution in [-0.2, 0) is 6.54 Å². The zero-order chi connectivity index (χ0) is 13.4. The largest absolute Gasteiger partial charge is 0.465 e. The van der Waals surface area contributed by atoms with E-state index in [4.69, 9.17) is 4.42 Å². The normalized spacial score (nSPS) is 13.2. The molecule has 1 aromatic rings.